The van der Waals surface area contributed by atoms with Gasteiger partial charge >= 0.3 is 0 Å². The normalized spacial score (nSPS) is 12.2. The zero-order valence-electron chi connectivity index (χ0n) is 10.4. The van der Waals surface area contributed by atoms with Gasteiger partial charge in [0.2, 0.25) is 0 Å². The van der Waals surface area contributed by atoms with Crippen molar-refractivity contribution in [2.45, 2.75) is 38.9 Å². The smallest absolute Gasteiger partial charge is 0.163 e. The molecule has 0 unspecified atom stereocenters. The van der Waals surface area contributed by atoms with E-state index in [4.69, 9.17) is 0 Å². The molecule has 0 aliphatic carbocycles. The fraction of sp³-hybridized carbons (Fsp3) is 0.462. The molecule has 0 radical (unpaired) electrons. The van der Waals surface area contributed by atoms with Gasteiger partial charge in [-0.15, -0.1) is 0 Å². The van der Waals surface area contributed by atoms with Crippen LogP contribution in [0, 0.1) is 0 Å². The summed E-state index contributed by atoms with van der Waals surface area (Å²) in [7, 11) is -1.35. The van der Waals surface area contributed by atoms with Crippen LogP contribution >= 0.6 is 0 Å². The van der Waals surface area contributed by atoms with Crippen molar-refractivity contribution in [1.82, 2.24) is 9.22 Å². The lowest BCUT2D eigenvalue weighted by Gasteiger charge is -2.30. The Morgan fingerprint density at radius 3 is 2.31 bits per heavy atom. The summed E-state index contributed by atoms with van der Waals surface area (Å²) in [4.78, 5) is 4.53. The summed E-state index contributed by atoms with van der Waals surface area (Å²) >= 11 is 0. The molecular weight excluding hydrogens is 212 g/mol. The Morgan fingerprint density at radius 1 is 1.06 bits per heavy atom. The Morgan fingerprint density at radius 2 is 1.69 bits per heavy atom. The van der Waals surface area contributed by atoms with Gasteiger partial charge in [-0.05, 0) is 30.3 Å². The SMILES string of the molecule is CC[Si](CC)(CC)n1cnc2ccccc21. The van der Waals surface area contributed by atoms with E-state index in [-0.39, 0.29) is 0 Å². The summed E-state index contributed by atoms with van der Waals surface area (Å²) in [6, 6.07) is 12.4. The third-order valence-corrected chi connectivity index (χ3v) is 9.27. The van der Waals surface area contributed by atoms with Crippen molar-refractivity contribution in [3.63, 3.8) is 0 Å². The quantitative estimate of drug-likeness (QED) is 0.731. The molecule has 0 bridgehead atoms. The molecule has 1 heterocycles. The predicted molar refractivity (Wildman–Crippen MR) is 72.3 cm³/mol. The zero-order chi connectivity index (χ0) is 11.6. The first-order chi connectivity index (χ1) is 7.77. The van der Waals surface area contributed by atoms with Gasteiger partial charge in [0, 0.05) is 0 Å². The second-order valence-corrected chi connectivity index (χ2v) is 9.44. The summed E-state index contributed by atoms with van der Waals surface area (Å²) in [5, 5.41) is 0. The standard InChI is InChI=1S/C13H20N2Si/c1-4-16(5-2,6-3)15-11-14-12-9-7-8-10-13(12)15/h7-11H,4-6H2,1-3H3. The maximum atomic E-state index is 4.53. The van der Waals surface area contributed by atoms with Crippen LogP contribution in [0.15, 0.2) is 30.6 Å². The molecule has 16 heavy (non-hydrogen) atoms. The van der Waals surface area contributed by atoms with Crippen molar-refractivity contribution < 1.29 is 0 Å². The second-order valence-electron chi connectivity index (χ2n) is 4.39. The highest BCUT2D eigenvalue weighted by Crippen LogP contribution is 2.26. The first kappa shape index (κ1) is 11.4. The molecule has 0 fully saturated rings. The monoisotopic (exact) mass is 232 g/mol. The summed E-state index contributed by atoms with van der Waals surface area (Å²) < 4.78 is 2.50. The minimum Gasteiger partial charge on any atom is -0.358 e. The Labute approximate surface area is 98.4 Å². The van der Waals surface area contributed by atoms with Gasteiger partial charge in [0.1, 0.15) is 0 Å². The van der Waals surface area contributed by atoms with E-state index in [9.17, 15) is 0 Å². The fourth-order valence-electron chi connectivity index (χ4n) is 2.60. The van der Waals surface area contributed by atoms with Gasteiger partial charge in [-0.1, -0.05) is 32.9 Å². The summed E-state index contributed by atoms with van der Waals surface area (Å²) in [5.74, 6) is 0. The average molecular weight is 232 g/mol. The molecule has 0 amide bonds. The molecule has 2 rings (SSSR count). The van der Waals surface area contributed by atoms with Crippen LogP contribution < -0.4 is 0 Å². The Bertz CT molecular complexity index is 463. The molecular formula is C13H20N2Si. The lowest BCUT2D eigenvalue weighted by Crippen LogP contribution is -2.40. The molecule has 0 N–H and O–H groups in total. The molecule has 0 aliphatic rings. The van der Waals surface area contributed by atoms with E-state index in [1.54, 1.807) is 0 Å². The van der Waals surface area contributed by atoms with Crippen molar-refractivity contribution >= 4 is 19.3 Å². The van der Waals surface area contributed by atoms with Gasteiger partial charge in [-0.3, -0.25) is 0 Å². The minimum atomic E-state index is -1.35. The number of fused-ring (bicyclic) bond motifs is 1. The van der Waals surface area contributed by atoms with E-state index in [0.717, 1.165) is 5.52 Å². The predicted octanol–water partition coefficient (Wildman–Crippen LogP) is 3.89. The van der Waals surface area contributed by atoms with Crippen LogP contribution in [0.2, 0.25) is 18.1 Å². The van der Waals surface area contributed by atoms with Crippen molar-refractivity contribution in [2.75, 3.05) is 0 Å². The van der Waals surface area contributed by atoms with E-state index in [1.165, 1.54) is 23.6 Å². The van der Waals surface area contributed by atoms with Crippen LogP contribution in [0.1, 0.15) is 20.8 Å². The lowest BCUT2D eigenvalue weighted by atomic mass is 10.3. The molecule has 0 saturated carbocycles. The van der Waals surface area contributed by atoms with Crippen LogP contribution in [0.5, 0.6) is 0 Å². The number of hydrogen-bond donors (Lipinski definition) is 0. The van der Waals surface area contributed by atoms with Crippen molar-refractivity contribution in [3.8, 4) is 0 Å². The van der Waals surface area contributed by atoms with Crippen LogP contribution in [-0.4, -0.2) is 17.5 Å². The molecule has 2 aromatic rings. The topological polar surface area (TPSA) is 17.8 Å². The number of aromatic nitrogens is 2. The van der Waals surface area contributed by atoms with Crippen molar-refractivity contribution in [1.29, 1.82) is 0 Å². The van der Waals surface area contributed by atoms with E-state index >= 15 is 0 Å². The Balaban J connectivity index is 2.61. The van der Waals surface area contributed by atoms with E-state index < -0.39 is 8.24 Å². The van der Waals surface area contributed by atoms with Gasteiger partial charge in [-0.25, -0.2) is 4.98 Å². The van der Waals surface area contributed by atoms with Gasteiger partial charge in [0.05, 0.1) is 17.4 Å². The number of rotatable bonds is 4. The molecule has 0 atom stereocenters. The maximum Gasteiger partial charge on any atom is 0.163 e. The average Bonchev–Trinajstić information content (AvgIpc) is 2.77. The highest BCUT2D eigenvalue weighted by molar-refractivity contribution is 6.78. The third-order valence-electron chi connectivity index (χ3n) is 3.94. The second kappa shape index (κ2) is 4.42. The van der Waals surface area contributed by atoms with Crippen LogP contribution in [0.25, 0.3) is 11.0 Å². The molecule has 0 saturated heterocycles. The first-order valence-corrected chi connectivity index (χ1v) is 8.77. The number of imidazole rings is 1. The molecule has 0 aliphatic heterocycles. The molecule has 86 valence electrons. The number of para-hydroxylation sites is 2. The van der Waals surface area contributed by atoms with E-state index in [2.05, 4.69) is 60.6 Å². The largest absolute Gasteiger partial charge is 0.358 e. The highest BCUT2D eigenvalue weighted by atomic mass is 28.3. The third kappa shape index (κ3) is 1.59. The van der Waals surface area contributed by atoms with Crippen molar-refractivity contribution in [3.05, 3.63) is 30.6 Å². The number of benzene rings is 1. The lowest BCUT2D eigenvalue weighted by molar-refractivity contribution is 1.02. The van der Waals surface area contributed by atoms with Gasteiger partial charge in [0.25, 0.3) is 0 Å². The van der Waals surface area contributed by atoms with Gasteiger partial charge < -0.3 is 4.23 Å². The van der Waals surface area contributed by atoms with Crippen LogP contribution in [-0.2, 0) is 0 Å². The first-order valence-electron chi connectivity index (χ1n) is 6.20. The van der Waals surface area contributed by atoms with Gasteiger partial charge in [-0.2, -0.15) is 0 Å². The Hall–Kier alpha value is -1.09. The maximum absolute atomic E-state index is 4.53. The van der Waals surface area contributed by atoms with Crippen LogP contribution in [0.4, 0.5) is 0 Å². The van der Waals surface area contributed by atoms with E-state index in [0.29, 0.717) is 0 Å². The summed E-state index contributed by atoms with van der Waals surface area (Å²) in [5.41, 5.74) is 2.45. The zero-order valence-corrected chi connectivity index (χ0v) is 11.4. The number of hydrogen-bond acceptors (Lipinski definition) is 1. The molecule has 0 spiro atoms. The van der Waals surface area contributed by atoms with Crippen molar-refractivity contribution in [2.24, 2.45) is 0 Å². The van der Waals surface area contributed by atoms with Crippen LogP contribution in [0.3, 0.4) is 0 Å². The fourth-order valence-corrected chi connectivity index (χ4v) is 6.12. The Kier molecular flexibility index (Phi) is 3.14. The van der Waals surface area contributed by atoms with E-state index in [1.807, 2.05) is 0 Å². The summed E-state index contributed by atoms with van der Waals surface area (Å²) in [6.45, 7) is 6.98. The number of nitrogens with zero attached hydrogens (tertiary/aromatic N) is 2. The van der Waals surface area contributed by atoms with Gasteiger partial charge in [0.15, 0.2) is 8.24 Å². The molecule has 1 aromatic carbocycles. The summed E-state index contributed by atoms with van der Waals surface area (Å²) in [6.07, 6.45) is 2.06. The highest BCUT2D eigenvalue weighted by Gasteiger charge is 2.30. The molecule has 1 aromatic heterocycles. The minimum absolute atomic E-state index is 1.13. The molecule has 3 heteroatoms. The molecule has 2 nitrogen and oxygen atoms in total.